The molecule has 0 spiro atoms. The monoisotopic (exact) mass is 281 g/mol. The van der Waals surface area contributed by atoms with Gasteiger partial charge in [0.2, 0.25) is 0 Å². The topological polar surface area (TPSA) is 75.6 Å². The number of hydrogen-bond donors (Lipinski definition) is 2. The molecule has 0 fully saturated rings. The molecule has 7 heteroatoms. The van der Waals surface area contributed by atoms with E-state index in [9.17, 15) is 9.59 Å². The van der Waals surface area contributed by atoms with Gasteiger partial charge >= 0.3 is 12.1 Å². The zero-order chi connectivity index (χ0) is 13.5. The highest BCUT2D eigenvalue weighted by Crippen LogP contribution is 2.11. The number of aliphatic carboxylic acids is 1. The van der Waals surface area contributed by atoms with Crippen LogP contribution < -0.4 is 5.32 Å². The summed E-state index contributed by atoms with van der Waals surface area (Å²) in [7, 11) is 0. The van der Waals surface area contributed by atoms with E-state index in [2.05, 4.69) is 5.32 Å². The molecule has 0 aliphatic carbocycles. The summed E-state index contributed by atoms with van der Waals surface area (Å²) in [6.45, 7) is 5.18. The summed E-state index contributed by atoms with van der Waals surface area (Å²) in [4.78, 5) is 22.3. The van der Waals surface area contributed by atoms with Gasteiger partial charge in [0.25, 0.3) is 0 Å². The number of carbonyl (C=O) groups excluding carboxylic acids is 1. The molecule has 0 rings (SSSR count). The van der Waals surface area contributed by atoms with Crippen LogP contribution in [0.15, 0.2) is 0 Å². The fraction of sp³-hybridized carbons (Fsp3) is 0.800. The molecule has 100 valence electrons. The first kappa shape index (κ1) is 16.4. The third kappa shape index (κ3) is 9.17. The quantitative estimate of drug-likeness (QED) is 0.573. The van der Waals surface area contributed by atoms with E-state index in [4.69, 9.17) is 9.84 Å². The van der Waals surface area contributed by atoms with Gasteiger partial charge in [0.1, 0.15) is 11.6 Å². The van der Waals surface area contributed by atoms with Gasteiger partial charge in [0.15, 0.2) is 0 Å². The van der Waals surface area contributed by atoms with Crippen LogP contribution in [-0.2, 0) is 9.53 Å². The van der Waals surface area contributed by atoms with E-state index in [1.165, 1.54) is 11.8 Å². The molecule has 0 saturated carbocycles. The van der Waals surface area contributed by atoms with Crippen LogP contribution in [-0.4, -0.2) is 45.9 Å². The molecule has 17 heavy (non-hydrogen) atoms. The lowest BCUT2D eigenvalue weighted by Crippen LogP contribution is -2.44. The molecule has 2 N–H and O–H groups in total. The van der Waals surface area contributed by atoms with Gasteiger partial charge in [-0.25, -0.2) is 9.59 Å². The van der Waals surface area contributed by atoms with E-state index in [1.807, 2.05) is 6.26 Å². The molecule has 5 nitrogen and oxygen atoms in total. The highest BCUT2D eigenvalue weighted by atomic mass is 32.2. The third-order valence-electron chi connectivity index (χ3n) is 1.47. The number of alkyl carbamates (subject to hydrolysis) is 1. The van der Waals surface area contributed by atoms with Crippen LogP contribution in [0.3, 0.4) is 0 Å². The number of hydrogen-bond acceptors (Lipinski definition) is 5. The van der Waals surface area contributed by atoms with E-state index < -0.39 is 23.7 Å². The van der Waals surface area contributed by atoms with Crippen molar-refractivity contribution >= 4 is 35.6 Å². The Balaban J connectivity index is 4.16. The maximum absolute atomic E-state index is 11.4. The van der Waals surface area contributed by atoms with Crippen molar-refractivity contribution in [1.82, 2.24) is 5.32 Å². The van der Waals surface area contributed by atoms with Gasteiger partial charge < -0.3 is 15.2 Å². The van der Waals surface area contributed by atoms with Gasteiger partial charge in [-0.3, -0.25) is 0 Å². The molecular formula is C10H19NO4S2. The minimum atomic E-state index is -1.05. The summed E-state index contributed by atoms with van der Waals surface area (Å²) in [6.07, 6.45) is 1.24. The Bertz CT molecular complexity index is 266. The van der Waals surface area contributed by atoms with Crippen LogP contribution in [0.1, 0.15) is 20.8 Å². The van der Waals surface area contributed by atoms with Crippen molar-refractivity contribution in [2.75, 3.05) is 17.1 Å². The predicted octanol–water partition coefficient (Wildman–Crippen LogP) is 2.02. The molecule has 0 aromatic carbocycles. The Morgan fingerprint density at radius 2 is 2.00 bits per heavy atom. The number of ether oxygens (including phenoxy) is 1. The van der Waals surface area contributed by atoms with E-state index in [0.29, 0.717) is 5.75 Å². The van der Waals surface area contributed by atoms with Crippen molar-refractivity contribution < 1.29 is 19.4 Å². The molecule has 0 aliphatic rings. The highest BCUT2D eigenvalue weighted by molar-refractivity contribution is 8.15. The van der Waals surface area contributed by atoms with Crippen molar-refractivity contribution in [2.24, 2.45) is 0 Å². The van der Waals surface area contributed by atoms with Crippen LogP contribution in [0, 0.1) is 0 Å². The lowest BCUT2D eigenvalue weighted by Gasteiger charge is -2.21. The van der Waals surface area contributed by atoms with E-state index >= 15 is 0 Å². The Hall–Kier alpha value is -0.560. The standard InChI is InChI=1S/C10H19NO4S2/c1-10(2,3)15-9(14)11-7(8(12)13)5-17-6-16-4/h7H,5-6H2,1-4H3,(H,11,14)(H,12,13)/t7-/m0/s1. The van der Waals surface area contributed by atoms with Crippen molar-refractivity contribution in [3.8, 4) is 0 Å². The molecule has 0 heterocycles. The second kappa shape index (κ2) is 7.71. The predicted molar refractivity (Wildman–Crippen MR) is 71.6 cm³/mol. The summed E-state index contributed by atoms with van der Waals surface area (Å²) in [5.74, 6) is -0.723. The van der Waals surface area contributed by atoms with E-state index in [1.54, 1.807) is 32.5 Å². The van der Waals surface area contributed by atoms with Gasteiger partial charge in [-0.05, 0) is 27.0 Å². The van der Waals surface area contributed by atoms with Crippen LogP contribution in [0.4, 0.5) is 4.79 Å². The molecule has 0 bridgehead atoms. The summed E-state index contributed by atoms with van der Waals surface area (Å²) in [6, 6.07) is -0.915. The van der Waals surface area contributed by atoms with Gasteiger partial charge in [-0.1, -0.05) is 0 Å². The fourth-order valence-corrected chi connectivity index (χ4v) is 2.39. The molecule has 1 atom stereocenters. The van der Waals surface area contributed by atoms with Gasteiger partial charge in [0, 0.05) is 10.8 Å². The summed E-state index contributed by atoms with van der Waals surface area (Å²) in [5.41, 5.74) is -0.625. The minimum absolute atomic E-state index is 0.329. The average Bonchev–Trinajstić information content (AvgIpc) is 2.13. The molecular weight excluding hydrogens is 262 g/mol. The molecule has 0 saturated heterocycles. The first-order valence-electron chi connectivity index (χ1n) is 5.05. The second-order valence-electron chi connectivity index (χ2n) is 4.31. The number of rotatable bonds is 6. The molecule has 0 aromatic rings. The third-order valence-corrected chi connectivity index (χ3v) is 3.65. The minimum Gasteiger partial charge on any atom is -0.480 e. The normalized spacial score (nSPS) is 12.9. The lowest BCUT2D eigenvalue weighted by atomic mass is 10.2. The van der Waals surface area contributed by atoms with Crippen molar-refractivity contribution in [3.63, 3.8) is 0 Å². The number of carboxylic acids is 1. The zero-order valence-corrected chi connectivity index (χ0v) is 12.1. The number of amides is 1. The van der Waals surface area contributed by atoms with Crippen LogP contribution in [0.5, 0.6) is 0 Å². The SMILES string of the molecule is CSCSC[C@H](NC(=O)OC(C)(C)C)C(=O)O. The largest absolute Gasteiger partial charge is 0.480 e. The van der Waals surface area contributed by atoms with Crippen LogP contribution in [0.2, 0.25) is 0 Å². The number of carbonyl (C=O) groups is 2. The van der Waals surface area contributed by atoms with E-state index in [-0.39, 0.29) is 0 Å². The number of carboxylic acid groups (broad SMARTS) is 1. The fourth-order valence-electron chi connectivity index (χ4n) is 0.874. The first-order chi connectivity index (χ1) is 7.76. The van der Waals surface area contributed by atoms with Gasteiger partial charge in [-0.2, -0.15) is 11.8 Å². The van der Waals surface area contributed by atoms with E-state index in [0.717, 1.165) is 5.08 Å². The van der Waals surface area contributed by atoms with Crippen LogP contribution in [0.25, 0.3) is 0 Å². The summed E-state index contributed by atoms with van der Waals surface area (Å²) in [5, 5.41) is 12.1. The molecule has 0 unspecified atom stereocenters. The molecule has 0 aliphatic heterocycles. The first-order valence-corrected chi connectivity index (χ1v) is 7.60. The Kier molecular flexibility index (Phi) is 7.45. The van der Waals surface area contributed by atoms with Gasteiger partial charge in [0.05, 0.1) is 0 Å². The zero-order valence-electron chi connectivity index (χ0n) is 10.5. The number of nitrogens with one attached hydrogen (secondary N) is 1. The maximum Gasteiger partial charge on any atom is 0.408 e. The second-order valence-corrected chi connectivity index (χ2v) is 6.58. The summed E-state index contributed by atoms with van der Waals surface area (Å²) >= 11 is 3.07. The van der Waals surface area contributed by atoms with Crippen molar-refractivity contribution in [1.29, 1.82) is 0 Å². The molecule has 1 amide bonds. The Labute approximate surface area is 110 Å². The number of thioether (sulfide) groups is 2. The smallest absolute Gasteiger partial charge is 0.408 e. The lowest BCUT2D eigenvalue weighted by molar-refractivity contribution is -0.138. The van der Waals surface area contributed by atoms with Gasteiger partial charge in [-0.15, -0.1) is 11.8 Å². The highest BCUT2D eigenvalue weighted by Gasteiger charge is 2.23. The van der Waals surface area contributed by atoms with Crippen molar-refractivity contribution in [2.45, 2.75) is 32.4 Å². The average molecular weight is 281 g/mol. The molecule has 0 radical (unpaired) electrons. The van der Waals surface area contributed by atoms with Crippen molar-refractivity contribution in [3.05, 3.63) is 0 Å². The molecule has 0 aromatic heterocycles. The Morgan fingerprint density at radius 3 is 2.41 bits per heavy atom. The maximum atomic E-state index is 11.4. The Morgan fingerprint density at radius 1 is 1.41 bits per heavy atom. The van der Waals surface area contributed by atoms with Crippen LogP contribution >= 0.6 is 23.5 Å². The summed E-state index contributed by atoms with van der Waals surface area (Å²) < 4.78 is 5.00.